The number of carbonyl (C=O) groups is 1. The molecule has 3 aromatic heterocycles. The van der Waals surface area contributed by atoms with Gasteiger partial charge in [0.1, 0.15) is 17.3 Å². The quantitative estimate of drug-likeness (QED) is 0.197. The number of aromatic nitrogens is 5. The Morgan fingerprint density at radius 2 is 1.77 bits per heavy atom. The standard InChI is InChI=1S/C33H35FN8O2/c1-33(2,3)27-18-28(42(40-27)25-14-8-10-22(34)17-25)38-32(44)37-23-11-7-9-20(15-23)26-16-21-19-36-31(35-4)39-29(21)41(30(26)43)24-12-5-6-13-24/h7-11,14-19,24H,5-6,12-13H2,1-4H3,(H,35,36,39)(H2,37,38,44). The number of pyridine rings is 1. The second kappa shape index (κ2) is 11.6. The second-order valence-corrected chi connectivity index (χ2v) is 12.1. The minimum atomic E-state index is -0.505. The van der Waals surface area contributed by atoms with Crippen LogP contribution in [0.2, 0.25) is 0 Å². The van der Waals surface area contributed by atoms with E-state index in [1.165, 1.54) is 16.8 Å². The molecule has 3 heterocycles. The molecule has 0 aliphatic heterocycles. The Balaban J connectivity index is 1.32. The number of rotatable bonds is 6. The Hall–Kier alpha value is -5.06. The van der Waals surface area contributed by atoms with Crippen LogP contribution in [0.25, 0.3) is 27.8 Å². The minimum absolute atomic E-state index is 0.0672. The number of nitrogens with zero attached hydrogens (tertiary/aromatic N) is 5. The fourth-order valence-electron chi connectivity index (χ4n) is 5.63. The van der Waals surface area contributed by atoms with Gasteiger partial charge in [-0.15, -0.1) is 0 Å². The molecule has 0 radical (unpaired) electrons. The largest absolute Gasteiger partial charge is 0.357 e. The maximum Gasteiger partial charge on any atom is 0.324 e. The second-order valence-electron chi connectivity index (χ2n) is 12.1. The average Bonchev–Trinajstić information content (AvgIpc) is 3.67. The van der Waals surface area contributed by atoms with E-state index in [9.17, 15) is 14.0 Å². The van der Waals surface area contributed by atoms with Gasteiger partial charge in [-0.05, 0) is 54.8 Å². The van der Waals surface area contributed by atoms with Gasteiger partial charge in [-0.1, -0.05) is 51.8 Å². The van der Waals surface area contributed by atoms with Crippen molar-refractivity contribution in [2.75, 3.05) is 23.0 Å². The third-order valence-corrected chi connectivity index (χ3v) is 7.89. The molecule has 226 valence electrons. The molecule has 0 atom stereocenters. The predicted octanol–water partition coefficient (Wildman–Crippen LogP) is 6.88. The molecule has 44 heavy (non-hydrogen) atoms. The van der Waals surface area contributed by atoms with Crippen molar-refractivity contribution >= 4 is 34.5 Å². The van der Waals surface area contributed by atoms with Gasteiger partial charge < -0.3 is 10.6 Å². The molecule has 3 N–H and O–H groups in total. The lowest BCUT2D eigenvalue weighted by Gasteiger charge is -2.18. The molecule has 2 amide bonds. The van der Waals surface area contributed by atoms with Crippen molar-refractivity contribution in [3.05, 3.63) is 88.7 Å². The van der Waals surface area contributed by atoms with E-state index in [0.29, 0.717) is 39.9 Å². The molecule has 1 aliphatic carbocycles. The summed E-state index contributed by atoms with van der Waals surface area (Å²) < 4.78 is 17.4. The van der Waals surface area contributed by atoms with E-state index in [1.54, 1.807) is 49.6 Å². The van der Waals surface area contributed by atoms with E-state index in [1.807, 2.05) is 37.5 Å². The van der Waals surface area contributed by atoms with Gasteiger partial charge in [0.2, 0.25) is 5.95 Å². The molecule has 0 spiro atoms. The number of urea groups is 1. The van der Waals surface area contributed by atoms with Crippen molar-refractivity contribution in [2.45, 2.75) is 57.9 Å². The van der Waals surface area contributed by atoms with Crippen LogP contribution in [0.1, 0.15) is 58.2 Å². The molecule has 0 bridgehead atoms. The van der Waals surface area contributed by atoms with Crippen LogP contribution in [0.3, 0.4) is 0 Å². The van der Waals surface area contributed by atoms with Gasteiger partial charge in [0, 0.05) is 47.4 Å². The zero-order chi connectivity index (χ0) is 31.0. The first kappa shape index (κ1) is 29.0. The van der Waals surface area contributed by atoms with Crippen molar-refractivity contribution in [1.82, 2.24) is 24.3 Å². The van der Waals surface area contributed by atoms with Crippen LogP contribution in [0.15, 0.2) is 71.7 Å². The normalized spacial score (nSPS) is 13.8. The topological polar surface area (TPSA) is 119 Å². The third kappa shape index (κ3) is 5.77. The zero-order valence-electron chi connectivity index (χ0n) is 25.2. The Kier molecular flexibility index (Phi) is 7.62. The number of anilines is 3. The Labute approximate surface area is 254 Å². The number of carbonyl (C=O) groups excluding carboxylic acids is 1. The first-order valence-electron chi connectivity index (χ1n) is 14.8. The number of hydrogen-bond donors (Lipinski definition) is 3. The summed E-state index contributed by atoms with van der Waals surface area (Å²) in [6.07, 6.45) is 5.70. The van der Waals surface area contributed by atoms with Gasteiger partial charge in [-0.2, -0.15) is 10.1 Å². The molecule has 1 aliphatic rings. The monoisotopic (exact) mass is 594 g/mol. The van der Waals surface area contributed by atoms with Crippen LogP contribution in [0.4, 0.5) is 26.6 Å². The smallest absolute Gasteiger partial charge is 0.324 e. The van der Waals surface area contributed by atoms with Crippen molar-refractivity contribution < 1.29 is 9.18 Å². The maximum atomic E-state index is 14.0. The fourth-order valence-corrected chi connectivity index (χ4v) is 5.63. The van der Waals surface area contributed by atoms with Gasteiger partial charge in [0.15, 0.2) is 0 Å². The first-order valence-corrected chi connectivity index (χ1v) is 14.8. The number of hydrogen-bond acceptors (Lipinski definition) is 6. The highest BCUT2D eigenvalue weighted by atomic mass is 19.1. The first-order chi connectivity index (χ1) is 21.1. The summed E-state index contributed by atoms with van der Waals surface area (Å²) in [5, 5.41) is 14.1. The molecule has 0 saturated heterocycles. The van der Waals surface area contributed by atoms with E-state index in [-0.39, 0.29) is 17.0 Å². The average molecular weight is 595 g/mol. The summed E-state index contributed by atoms with van der Waals surface area (Å²) in [5.41, 5.74) is 3.08. The van der Waals surface area contributed by atoms with E-state index < -0.39 is 11.8 Å². The molecular weight excluding hydrogens is 559 g/mol. The van der Waals surface area contributed by atoms with E-state index >= 15 is 0 Å². The Bertz CT molecular complexity index is 1920. The van der Waals surface area contributed by atoms with Crippen molar-refractivity contribution in [2.24, 2.45) is 0 Å². The van der Waals surface area contributed by atoms with Crippen molar-refractivity contribution in [3.8, 4) is 16.8 Å². The highest BCUT2D eigenvalue weighted by molar-refractivity contribution is 6.00. The SMILES string of the molecule is CNc1ncc2cc(-c3cccc(NC(=O)Nc4cc(C(C)(C)C)nn4-c4cccc(F)c4)c3)c(=O)n(C3CCCC3)c2n1. The van der Waals surface area contributed by atoms with E-state index in [0.717, 1.165) is 36.8 Å². The van der Waals surface area contributed by atoms with Crippen LogP contribution < -0.4 is 21.5 Å². The van der Waals surface area contributed by atoms with Gasteiger partial charge in [-0.25, -0.2) is 18.9 Å². The summed E-state index contributed by atoms with van der Waals surface area (Å²) in [6.45, 7) is 6.04. The lowest BCUT2D eigenvalue weighted by atomic mass is 9.92. The Morgan fingerprint density at radius 1 is 1.00 bits per heavy atom. The highest BCUT2D eigenvalue weighted by Gasteiger charge is 2.24. The number of fused-ring (bicyclic) bond motifs is 1. The predicted molar refractivity (Wildman–Crippen MR) is 171 cm³/mol. The molecule has 10 nitrogen and oxygen atoms in total. The molecular formula is C33H35FN8O2. The molecule has 11 heteroatoms. The highest BCUT2D eigenvalue weighted by Crippen LogP contribution is 2.32. The summed E-state index contributed by atoms with van der Waals surface area (Å²) >= 11 is 0. The molecule has 6 rings (SSSR count). The summed E-state index contributed by atoms with van der Waals surface area (Å²) in [7, 11) is 1.75. The number of halogens is 1. The Morgan fingerprint density at radius 3 is 2.50 bits per heavy atom. The molecule has 0 unspecified atom stereocenters. The fraction of sp³-hybridized carbons (Fsp3) is 0.303. The maximum absolute atomic E-state index is 14.0. The lowest BCUT2D eigenvalue weighted by Crippen LogP contribution is -2.26. The van der Waals surface area contributed by atoms with Crippen LogP contribution in [0.5, 0.6) is 0 Å². The van der Waals surface area contributed by atoms with E-state index in [4.69, 9.17) is 0 Å². The summed E-state index contributed by atoms with van der Waals surface area (Å²) in [5.74, 6) is 0.448. The number of nitrogens with one attached hydrogen (secondary N) is 3. The van der Waals surface area contributed by atoms with Gasteiger partial charge in [0.05, 0.1) is 11.4 Å². The minimum Gasteiger partial charge on any atom is -0.357 e. The molecule has 1 saturated carbocycles. The van der Waals surface area contributed by atoms with Crippen LogP contribution in [-0.4, -0.2) is 37.4 Å². The van der Waals surface area contributed by atoms with Gasteiger partial charge in [-0.3, -0.25) is 14.7 Å². The van der Waals surface area contributed by atoms with Gasteiger partial charge in [0.25, 0.3) is 5.56 Å². The molecule has 2 aromatic carbocycles. The van der Waals surface area contributed by atoms with Crippen molar-refractivity contribution in [3.63, 3.8) is 0 Å². The third-order valence-electron chi connectivity index (χ3n) is 7.89. The van der Waals surface area contributed by atoms with Crippen molar-refractivity contribution in [1.29, 1.82) is 0 Å². The van der Waals surface area contributed by atoms with E-state index in [2.05, 4.69) is 31.0 Å². The van der Waals surface area contributed by atoms with Crippen LogP contribution in [-0.2, 0) is 5.41 Å². The number of benzene rings is 2. The summed E-state index contributed by atoms with van der Waals surface area (Å²) in [6, 6.07) is 16.4. The number of amides is 2. The molecule has 1 fully saturated rings. The zero-order valence-corrected chi connectivity index (χ0v) is 25.2. The molecule has 5 aromatic rings. The van der Waals surface area contributed by atoms with Gasteiger partial charge >= 0.3 is 6.03 Å². The summed E-state index contributed by atoms with van der Waals surface area (Å²) in [4.78, 5) is 36.2. The lowest BCUT2D eigenvalue weighted by molar-refractivity contribution is 0.262. The van der Waals surface area contributed by atoms with Crippen LogP contribution >= 0.6 is 0 Å². The van der Waals surface area contributed by atoms with Crippen LogP contribution in [0, 0.1) is 5.82 Å².